The highest BCUT2D eigenvalue weighted by molar-refractivity contribution is 6.76. The van der Waals surface area contributed by atoms with Crippen molar-refractivity contribution in [2.45, 2.75) is 75.4 Å². The van der Waals surface area contributed by atoms with Crippen LogP contribution in [-0.4, -0.2) is 37.2 Å². The molecule has 3 unspecified atom stereocenters. The van der Waals surface area contributed by atoms with Crippen molar-refractivity contribution in [3.8, 4) is 0 Å². The molecule has 124 valence electrons. The first-order chi connectivity index (χ1) is 9.27. The Morgan fingerprint density at radius 2 is 1.81 bits per heavy atom. The van der Waals surface area contributed by atoms with Crippen LogP contribution in [0.3, 0.4) is 0 Å². The molecule has 1 saturated carbocycles. The number of hydrogen-bond donors (Lipinski definition) is 1. The van der Waals surface area contributed by atoms with Gasteiger partial charge in [0.15, 0.2) is 0 Å². The number of rotatable bonds is 3. The average molecular weight is 332 g/mol. The van der Waals surface area contributed by atoms with Crippen molar-refractivity contribution in [1.82, 2.24) is 0 Å². The highest BCUT2D eigenvalue weighted by Gasteiger charge is 2.84. The fraction of sp³-hybridized carbons (Fsp3) is 1.00. The molecule has 2 rings (SSSR count). The van der Waals surface area contributed by atoms with E-state index in [9.17, 15) is 27.1 Å². The van der Waals surface area contributed by atoms with E-state index >= 15 is 0 Å². The summed E-state index contributed by atoms with van der Waals surface area (Å²) in [5.74, 6) is -8.68. The second-order valence-electron chi connectivity index (χ2n) is 7.43. The molecule has 0 aromatic carbocycles. The van der Waals surface area contributed by atoms with Crippen LogP contribution in [0.25, 0.3) is 0 Å². The second-order valence-corrected chi connectivity index (χ2v) is 13.1. The fourth-order valence-electron chi connectivity index (χ4n) is 3.47. The molecular weight excluding hydrogens is 311 g/mol. The summed E-state index contributed by atoms with van der Waals surface area (Å²) in [6, 6.07) is 0.483. The van der Waals surface area contributed by atoms with Crippen molar-refractivity contribution in [2.75, 3.05) is 0 Å². The summed E-state index contributed by atoms with van der Waals surface area (Å²) < 4.78 is 72.5. The van der Waals surface area contributed by atoms with Crippen LogP contribution in [0.2, 0.25) is 25.7 Å². The molecule has 0 aromatic rings. The monoisotopic (exact) mass is 332 g/mol. The minimum absolute atomic E-state index is 0.0290. The van der Waals surface area contributed by atoms with Crippen LogP contribution in [0.4, 0.5) is 22.0 Å². The van der Waals surface area contributed by atoms with E-state index in [0.717, 1.165) is 0 Å². The van der Waals surface area contributed by atoms with Crippen molar-refractivity contribution in [3.05, 3.63) is 0 Å². The van der Waals surface area contributed by atoms with E-state index in [-0.39, 0.29) is 19.3 Å². The van der Waals surface area contributed by atoms with Gasteiger partial charge in [-0.3, -0.25) is 0 Å². The van der Waals surface area contributed by atoms with E-state index in [0.29, 0.717) is 12.5 Å². The molecule has 8 heteroatoms. The molecule has 2 nitrogen and oxygen atoms in total. The van der Waals surface area contributed by atoms with E-state index in [1.807, 2.05) is 19.6 Å². The van der Waals surface area contributed by atoms with Gasteiger partial charge < -0.3 is 9.84 Å². The number of aliphatic hydroxyl groups is 1. The summed E-state index contributed by atoms with van der Waals surface area (Å²) in [6.45, 7) is 5.95. The minimum atomic E-state index is -5.51. The summed E-state index contributed by atoms with van der Waals surface area (Å²) in [6.07, 6.45) is -6.26. The largest absolute Gasteiger partial charge is 0.449 e. The van der Waals surface area contributed by atoms with Gasteiger partial charge in [-0.15, -0.1) is 0 Å². The lowest BCUT2D eigenvalue weighted by molar-refractivity contribution is -0.412. The fourth-order valence-corrected chi connectivity index (χ4v) is 4.67. The van der Waals surface area contributed by atoms with Crippen LogP contribution in [0, 0.1) is 5.41 Å². The Morgan fingerprint density at radius 1 is 1.24 bits per heavy atom. The van der Waals surface area contributed by atoms with Crippen LogP contribution in [-0.2, 0) is 4.74 Å². The van der Waals surface area contributed by atoms with Crippen LogP contribution in [0.15, 0.2) is 0 Å². The number of ether oxygens (including phenoxy) is 1. The van der Waals surface area contributed by atoms with Crippen molar-refractivity contribution in [3.63, 3.8) is 0 Å². The lowest BCUT2D eigenvalue weighted by atomic mass is 9.74. The Balaban J connectivity index is 2.39. The Bertz CT molecular complexity index is 420. The van der Waals surface area contributed by atoms with Gasteiger partial charge in [0, 0.05) is 8.07 Å². The van der Waals surface area contributed by atoms with Gasteiger partial charge in [0.1, 0.15) is 0 Å². The Kier molecular flexibility index (Phi) is 3.79. The zero-order chi connectivity index (χ0) is 16.3. The zero-order valence-electron chi connectivity index (χ0n) is 12.4. The predicted octanol–water partition coefficient (Wildman–Crippen LogP) is 4.17. The molecule has 0 bridgehead atoms. The molecule has 21 heavy (non-hydrogen) atoms. The molecule has 0 amide bonds. The van der Waals surface area contributed by atoms with Crippen molar-refractivity contribution >= 4 is 8.07 Å². The number of fused-ring (bicyclic) bond motifs is 1. The first-order valence-corrected chi connectivity index (χ1v) is 10.8. The minimum Gasteiger partial charge on any atom is -0.354 e. The van der Waals surface area contributed by atoms with Crippen LogP contribution in [0.1, 0.15) is 25.7 Å². The number of alkyl halides is 5. The predicted molar refractivity (Wildman–Crippen MR) is 69.9 cm³/mol. The summed E-state index contributed by atoms with van der Waals surface area (Å²) in [5.41, 5.74) is -1.89. The van der Waals surface area contributed by atoms with E-state index < -0.39 is 37.5 Å². The number of halogens is 5. The first-order valence-electron chi connectivity index (χ1n) is 7.12. The average Bonchev–Trinajstić information content (AvgIpc) is 2.73. The maximum atomic E-state index is 14.6. The first kappa shape index (κ1) is 17.1. The molecule has 0 spiro atoms. The summed E-state index contributed by atoms with van der Waals surface area (Å²) >= 11 is 0. The lowest BCUT2D eigenvalue weighted by Gasteiger charge is -2.38. The maximum Gasteiger partial charge on any atom is 0.449 e. The van der Waals surface area contributed by atoms with Gasteiger partial charge in [-0.05, 0) is 25.7 Å². The van der Waals surface area contributed by atoms with Gasteiger partial charge in [-0.25, -0.2) is 0 Å². The molecule has 1 aliphatic heterocycles. The quantitative estimate of drug-likeness (QED) is 0.621. The van der Waals surface area contributed by atoms with Crippen LogP contribution < -0.4 is 0 Å². The van der Waals surface area contributed by atoms with Crippen molar-refractivity contribution in [2.24, 2.45) is 5.41 Å². The molecule has 3 atom stereocenters. The van der Waals surface area contributed by atoms with Crippen molar-refractivity contribution < 1.29 is 31.8 Å². The third-order valence-corrected chi connectivity index (χ3v) is 6.52. The van der Waals surface area contributed by atoms with Crippen molar-refractivity contribution in [1.29, 1.82) is 0 Å². The van der Waals surface area contributed by atoms with E-state index in [4.69, 9.17) is 0 Å². The highest BCUT2D eigenvalue weighted by Crippen LogP contribution is 2.67. The summed E-state index contributed by atoms with van der Waals surface area (Å²) in [7, 11) is -1.70. The van der Waals surface area contributed by atoms with Gasteiger partial charge in [0.2, 0.25) is 0 Å². The normalized spacial score (nSPS) is 39.6. The Morgan fingerprint density at radius 3 is 2.29 bits per heavy atom. The zero-order valence-corrected chi connectivity index (χ0v) is 13.4. The van der Waals surface area contributed by atoms with Crippen LogP contribution >= 0.6 is 0 Å². The van der Waals surface area contributed by atoms with Gasteiger partial charge in [0.25, 0.3) is 0 Å². The molecular formula is C13H21F5O2Si. The third kappa shape index (κ3) is 2.33. The standard InChI is InChI=1S/C13H21F5O2Si/c1-21(2,3)8-7-10-6-4-5-9(10)20-12(19,11(10,14)15)13(16,17)18/h9,19H,4-8H2,1-3H3. The molecule has 2 fully saturated rings. The molecule has 1 saturated heterocycles. The summed E-state index contributed by atoms with van der Waals surface area (Å²) in [4.78, 5) is 0. The molecule has 1 aliphatic carbocycles. The topological polar surface area (TPSA) is 29.5 Å². The molecule has 2 aliphatic rings. The van der Waals surface area contributed by atoms with E-state index in [2.05, 4.69) is 4.74 Å². The SMILES string of the molecule is C[Si](C)(C)CCC12CCCC1OC(O)(C(F)(F)F)C2(F)F. The number of hydrogen-bond acceptors (Lipinski definition) is 2. The molecule has 1 N–H and O–H groups in total. The molecule has 0 aromatic heterocycles. The van der Waals surface area contributed by atoms with E-state index in [1.54, 1.807) is 0 Å². The highest BCUT2D eigenvalue weighted by atomic mass is 28.3. The van der Waals surface area contributed by atoms with Gasteiger partial charge >= 0.3 is 17.9 Å². The van der Waals surface area contributed by atoms with Crippen LogP contribution in [0.5, 0.6) is 0 Å². The smallest absolute Gasteiger partial charge is 0.354 e. The van der Waals surface area contributed by atoms with Gasteiger partial charge in [0.05, 0.1) is 11.5 Å². The second kappa shape index (κ2) is 4.64. The Labute approximate surface area is 121 Å². The lowest BCUT2D eigenvalue weighted by Crippen LogP contribution is -2.60. The molecule has 1 heterocycles. The third-order valence-electron chi connectivity index (χ3n) is 4.77. The van der Waals surface area contributed by atoms with E-state index in [1.165, 1.54) is 0 Å². The van der Waals surface area contributed by atoms with Gasteiger partial charge in [-0.1, -0.05) is 25.7 Å². The Hall–Kier alpha value is -0.213. The van der Waals surface area contributed by atoms with Gasteiger partial charge in [-0.2, -0.15) is 22.0 Å². The molecule has 0 radical (unpaired) electrons. The summed E-state index contributed by atoms with van der Waals surface area (Å²) in [5, 5.41) is 9.57. The maximum absolute atomic E-state index is 14.6.